The first-order valence-electron chi connectivity index (χ1n) is 15.3. The molecule has 7 rings (SSSR count). The highest BCUT2D eigenvalue weighted by Crippen LogP contribution is 2.47. The quantitative estimate of drug-likeness (QED) is 0.315. The SMILES string of the molecule is CC1C/C=C\CCCN2CCC(CC2)C(F)(F)c2cccc(c2F)[C@@H](C)Nc2ncnc3c2cc(C2(C#N)CC2)c(=O)n31. The van der Waals surface area contributed by atoms with E-state index in [0.29, 0.717) is 67.6 Å². The average Bonchev–Trinajstić information content (AvgIpc) is 3.79. The number of fused-ring (bicyclic) bond motifs is 8. The van der Waals surface area contributed by atoms with Crippen molar-refractivity contribution in [2.75, 3.05) is 25.0 Å². The Labute approximate surface area is 249 Å². The van der Waals surface area contributed by atoms with E-state index in [1.807, 2.05) is 6.92 Å². The Hall–Kier alpha value is -3.71. The maximum Gasteiger partial charge on any atom is 0.278 e. The molecule has 0 amide bonds. The molecule has 7 nitrogen and oxygen atoms in total. The Morgan fingerprint density at radius 2 is 1.84 bits per heavy atom. The summed E-state index contributed by atoms with van der Waals surface area (Å²) < 4.78 is 49.2. The first kappa shape index (κ1) is 29.4. The van der Waals surface area contributed by atoms with Gasteiger partial charge in [0.1, 0.15) is 23.6 Å². The second-order valence-corrected chi connectivity index (χ2v) is 12.4. The van der Waals surface area contributed by atoms with E-state index >= 15 is 13.2 Å². The highest BCUT2D eigenvalue weighted by molar-refractivity contribution is 5.87. The number of nitrogens with zero attached hydrogens (tertiary/aromatic N) is 5. The van der Waals surface area contributed by atoms with Gasteiger partial charge in [-0.25, -0.2) is 23.1 Å². The van der Waals surface area contributed by atoms with Gasteiger partial charge in [-0.05, 0) is 84.5 Å². The second kappa shape index (κ2) is 11.4. The number of pyridine rings is 1. The van der Waals surface area contributed by atoms with Crippen LogP contribution in [0.3, 0.4) is 0 Å². The van der Waals surface area contributed by atoms with E-state index in [2.05, 4.69) is 38.4 Å². The van der Waals surface area contributed by atoms with Crippen molar-refractivity contribution in [3.05, 3.63) is 75.6 Å². The molecule has 1 aliphatic carbocycles. The molecule has 0 radical (unpaired) electrons. The summed E-state index contributed by atoms with van der Waals surface area (Å²) in [6, 6.07) is 7.25. The van der Waals surface area contributed by atoms with Crippen LogP contribution in [-0.2, 0) is 11.3 Å². The van der Waals surface area contributed by atoms with Crippen molar-refractivity contribution in [1.29, 1.82) is 5.26 Å². The molecule has 1 N–H and O–H groups in total. The number of halogens is 3. The molecule has 0 spiro atoms. The van der Waals surface area contributed by atoms with Crippen LogP contribution in [0.4, 0.5) is 19.0 Å². The van der Waals surface area contributed by atoms with Crippen LogP contribution in [-0.4, -0.2) is 39.1 Å². The summed E-state index contributed by atoms with van der Waals surface area (Å²) in [4.78, 5) is 25.0. The van der Waals surface area contributed by atoms with E-state index in [1.54, 1.807) is 17.6 Å². The van der Waals surface area contributed by atoms with Gasteiger partial charge < -0.3 is 10.2 Å². The highest BCUT2D eigenvalue weighted by Gasteiger charge is 2.48. The molecule has 2 aromatic heterocycles. The Kier molecular flexibility index (Phi) is 7.80. The van der Waals surface area contributed by atoms with Crippen LogP contribution in [0.15, 0.2) is 47.5 Å². The minimum atomic E-state index is -3.30. The van der Waals surface area contributed by atoms with Gasteiger partial charge in [0.2, 0.25) is 0 Å². The Balaban J connectivity index is 1.47. The molecule has 2 atom stereocenters. The lowest BCUT2D eigenvalue weighted by Crippen LogP contribution is -2.40. The monoisotopic (exact) mass is 590 g/mol. The van der Waals surface area contributed by atoms with E-state index in [0.717, 1.165) is 19.4 Å². The average molecular weight is 591 g/mol. The fourth-order valence-electron chi connectivity index (χ4n) is 6.69. The number of hydrogen-bond donors (Lipinski definition) is 1. The van der Waals surface area contributed by atoms with E-state index in [4.69, 9.17) is 0 Å². The number of benzene rings is 1. The van der Waals surface area contributed by atoms with Gasteiger partial charge in [0.25, 0.3) is 11.5 Å². The molecular weight excluding hydrogens is 553 g/mol. The van der Waals surface area contributed by atoms with Crippen LogP contribution in [0.2, 0.25) is 0 Å². The van der Waals surface area contributed by atoms with Gasteiger partial charge in [-0.2, -0.15) is 5.26 Å². The molecule has 4 aliphatic rings. The summed E-state index contributed by atoms with van der Waals surface area (Å²) in [5.74, 6) is -4.80. The molecule has 226 valence electrons. The molecule has 3 aromatic rings. The van der Waals surface area contributed by atoms with E-state index in [9.17, 15) is 10.1 Å². The molecule has 1 aromatic carbocycles. The van der Waals surface area contributed by atoms with Crippen LogP contribution >= 0.6 is 0 Å². The smallest absolute Gasteiger partial charge is 0.278 e. The molecule has 3 aliphatic heterocycles. The minimum absolute atomic E-state index is 0.106. The van der Waals surface area contributed by atoms with Crippen LogP contribution in [0.1, 0.15) is 87.6 Å². The largest absolute Gasteiger partial charge is 0.363 e. The molecule has 5 heterocycles. The fraction of sp³-hybridized carbons (Fsp3) is 0.515. The summed E-state index contributed by atoms with van der Waals surface area (Å²) in [6.45, 7) is 5.60. The Morgan fingerprint density at radius 1 is 1.07 bits per heavy atom. The third-order valence-corrected chi connectivity index (χ3v) is 9.55. The first-order valence-corrected chi connectivity index (χ1v) is 15.3. The minimum Gasteiger partial charge on any atom is -0.363 e. The molecule has 1 saturated heterocycles. The van der Waals surface area contributed by atoms with Gasteiger partial charge >= 0.3 is 0 Å². The van der Waals surface area contributed by atoms with E-state index < -0.39 is 34.7 Å². The lowest BCUT2D eigenvalue weighted by Gasteiger charge is -2.36. The van der Waals surface area contributed by atoms with Gasteiger partial charge in [0.05, 0.1) is 28.5 Å². The third-order valence-electron chi connectivity index (χ3n) is 9.55. The standard InChI is InChI=1S/C33H37F3N6O/c1-21-8-5-3-4-6-15-41-16-11-23(12-17-41)33(35,36)26-10-7-9-24(28(26)34)22(2)40-29-25-18-27(32(19-37)13-14-32)31(43)42(21)30(25)39-20-38-29/h3,5,7,9-10,18,20-23H,4,6,8,11-17H2,1-2H3,(H,38,39,40)/b5-3-/t21?,22-/m1/s1. The summed E-state index contributed by atoms with van der Waals surface area (Å²) in [5, 5.41) is 13.7. The van der Waals surface area contributed by atoms with Crippen molar-refractivity contribution in [2.45, 2.75) is 82.2 Å². The fourth-order valence-corrected chi connectivity index (χ4v) is 6.69. The molecule has 1 unspecified atom stereocenters. The molecule has 43 heavy (non-hydrogen) atoms. The zero-order valence-corrected chi connectivity index (χ0v) is 24.6. The van der Waals surface area contributed by atoms with Crippen molar-refractivity contribution in [3.8, 4) is 6.07 Å². The number of nitrogens with one attached hydrogen (secondary N) is 1. The zero-order chi connectivity index (χ0) is 30.4. The number of rotatable bonds is 1. The highest BCUT2D eigenvalue weighted by atomic mass is 19.3. The predicted molar refractivity (Wildman–Crippen MR) is 160 cm³/mol. The molecule has 10 heteroatoms. The number of aromatic nitrogens is 3. The van der Waals surface area contributed by atoms with Gasteiger partial charge in [-0.15, -0.1) is 0 Å². The topological polar surface area (TPSA) is 86.8 Å². The summed E-state index contributed by atoms with van der Waals surface area (Å²) in [7, 11) is 0. The molecule has 8 bridgehead atoms. The van der Waals surface area contributed by atoms with Crippen molar-refractivity contribution in [2.24, 2.45) is 5.92 Å². The second-order valence-electron chi connectivity index (χ2n) is 12.4. The number of hydrogen-bond acceptors (Lipinski definition) is 6. The normalized spacial score (nSPS) is 27.5. The first-order chi connectivity index (χ1) is 20.7. The van der Waals surface area contributed by atoms with E-state index in [-0.39, 0.29) is 17.2 Å². The third kappa shape index (κ3) is 5.33. The summed E-state index contributed by atoms with van der Waals surface area (Å²) >= 11 is 0. The Morgan fingerprint density at radius 3 is 2.56 bits per heavy atom. The zero-order valence-electron chi connectivity index (χ0n) is 24.6. The van der Waals surface area contributed by atoms with Crippen LogP contribution in [0, 0.1) is 23.1 Å². The Bertz CT molecular complexity index is 1650. The maximum absolute atomic E-state index is 15.9. The summed E-state index contributed by atoms with van der Waals surface area (Å²) in [5.41, 5.74) is -0.754. The number of nitriles is 1. The number of anilines is 1. The molecule has 1 saturated carbocycles. The van der Waals surface area contributed by atoms with Crippen molar-refractivity contribution < 1.29 is 13.2 Å². The number of allylic oxidation sites excluding steroid dienone is 2. The maximum atomic E-state index is 15.9. The number of piperidine rings is 1. The lowest BCUT2D eigenvalue weighted by molar-refractivity contribution is -0.0879. The van der Waals surface area contributed by atoms with Crippen molar-refractivity contribution in [1.82, 2.24) is 19.4 Å². The molecular formula is C33H37F3N6O. The van der Waals surface area contributed by atoms with Crippen molar-refractivity contribution in [3.63, 3.8) is 0 Å². The lowest BCUT2D eigenvalue weighted by atomic mass is 9.85. The van der Waals surface area contributed by atoms with Gasteiger partial charge in [-0.3, -0.25) is 9.36 Å². The van der Waals surface area contributed by atoms with Gasteiger partial charge in [-0.1, -0.05) is 30.4 Å². The van der Waals surface area contributed by atoms with Gasteiger partial charge in [0, 0.05) is 23.1 Å². The van der Waals surface area contributed by atoms with E-state index in [1.165, 1.54) is 24.5 Å². The molecule has 2 fully saturated rings. The van der Waals surface area contributed by atoms with Crippen molar-refractivity contribution >= 4 is 16.9 Å². The van der Waals surface area contributed by atoms with Crippen LogP contribution < -0.4 is 10.9 Å². The van der Waals surface area contributed by atoms with Crippen LogP contribution in [0.25, 0.3) is 11.0 Å². The summed E-state index contributed by atoms with van der Waals surface area (Å²) in [6.07, 6.45) is 9.66. The van der Waals surface area contributed by atoms with Gasteiger partial charge in [0.15, 0.2) is 0 Å². The number of alkyl halides is 2. The predicted octanol–water partition coefficient (Wildman–Crippen LogP) is 6.76. The van der Waals surface area contributed by atoms with Crippen LogP contribution in [0.5, 0.6) is 0 Å².